The van der Waals surface area contributed by atoms with Crippen LogP contribution < -0.4 is 0 Å². The van der Waals surface area contributed by atoms with Gasteiger partial charge in [-0.25, -0.2) is 4.79 Å². The third kappa shape index (κ3) is 3.27. The van der Waals surface area contributed by atoms with Crippen LogP contribution in [-0.2, 0) is 9.47 Å². The zero-order valence-electron chi connectivity index (χ0n) is 15.6. The minimum Gasteiger partial charge on any atom is -0.453 e. The summed E-state index contributed by atoms with van der Waals surface area (Å²) in [6.07, 6.45) is 1.07. The molecular formula is C18H22N2O7. The van der Waals surface area contributed by atoms with Crippen molar-refractivity contribution in [3.63, 3.8) is 0 Å². The first-order chi connectivity index (χ1) is 12.5. The second kappa shape index (κ2) is 6.26. The van der Waals surface area contributed by atoms with Gasteiger partial charge in [0.25, 0.3) is 11.4 Å². The zero-order chi connectivity index (χ0) is 20.1. The summed E-state index contributed by atoms with van der Waals surface area (Å²) in [6, 6.07) is 2.80. The van der Waals surface area contributed by atoms with Crippen molar-refractivity contribution in [2.24, 2.45) is 17.3 Å². The van der Waals surface area contributed by atoms with Crippen molar-refractivity contribution in [3.8, 4) is 0 Å². The van der Waals surface area contributed by atoms with Crippen LogP contribution in [0, 0.1) is 37.5 Å². The monoisotopic (exact) mass is 378 g/mol. The molecule has 1 aromatic rings. The van der Waals surface area contributed by atoms with Gasteiger partial charge in [0.2, 0.25) is 0 Å². The van der Waals surface area contributed by atoms with Gasteiger partial charge in [-0.15, -0.1) is 0 Å². The normalized spacial score (nSPS) is 30.9. The molecule has 0 heterocycles. The van der Waals surface area contributed by atoms with Crippen LogP contribution in [-0.4, -0.2) is 34.6 Å². The highest BCUT2D eigenvalue weighted by atomic mass is 16.6. The van der Waals surface area contributed by atoms with Crippen molar-refractivity contribution in [2.75, 3.05) is 7.11 Å². The number of ether oxygens (including phenoxy) is 2. The standard InChI is InChI=1S/C18H22N2O7/c1-17(2)13-8-15(26-4)18(3,9-14(13)17)27-16(21)10-5-11(19(22)23)7-12(6-10)20(24)25/h5-7,13-15H,8-9H2,1-4H3/t13-,14-,15-,18+/m1/s1. The van der Waals surface area contributed by atoms with Gasteiger partial charge in [-0.1, -0.05) is 13.8 Å². The van der Waals surface area contributed by atoms with E-state index < -0.39 is 32.8 Å². The molecule has 9 nitrogen and oxygen atoms in total. The Morgan fingerprint density at radius 1 is 1.07 bits per heavy atom. The summed E-state index contributed by atoms with van der Waals surface area (Å²) >= 11 is 0. The van der Waals surface area contributed by atoms with Gasteiger partial charge < -0.3 is 9.47 Å². The summed E-state index contributed by atoms with van der Waals surface area (Å²) in [7, 11) is 1.56. The number of benzene rings is 1. The van der Waals surface area contributed by atoms with Crippen molar-refractivity contribution in [2.45, 2.75) is 45.3 Å². The fourth-order valence-electron chi connectivity index (χ4n) is 4.43. The number of non-ortho nitro benzene ring substituents is 2. The van der Waals surface area contributed by atoms with E-state index in [1.165, 1.54) is 0 Å². The summed E-state index contributed by atoms with van der Waals surface area (Å²) in [4.78, 5) is 33.2. The second-order valence-corrected chi connectivity index (χ2v) is 8.15. The number of methoxy groups -OCH3 is 1. The Kier molecular flexibility index (Phi) is 4.46. The lowest BCUT2D eigenvalue weighted by Crippen LogP contribution is -2.47. The van der Waals surface area contributed by atoms with E-state index in [1.54, 1.807) is 14.0 Å². The number of rotatable bonds is 5. The van der Waals surface area contributed by atoms with Gasteiger partial charge in [0.1, 0.15) is 5.60 Å². The molecule has 0 N–H and O–H groups in total. The Morgan fingerprint density at radius 2 is 1.63 bits per heavy atom. The van der Waals surface area contributed by atoms with Crippen LogP contribution in [0.25, 0.3) is 0 Å². The van der Waals surface area contributed by atoms with E-state index in [2.05, 4.69) is 13.8 Å². The number of esters is 1. The average Bonchev–Trinajstić information content (AvgIpc) is 3.11. The molecule has 0 saturated heterocycles. The fourth-order valence-corrected chi connectivity index (χ4v) is 4.43. The topological polar surface area (TPSA) is 122 Å². The Bertz CT molecular complexity index is 790. The van der Waals surface area contributed by atoms with Crippen molar-refractivity contribution < 1.29 is 24.1 Å². The first-order valence-corrected chi connectivity index (χ1v) is 8.69. The minimum absolute atomic E-state index is 0.158. The van der Waals surface area contributed by atoms with Crippen LogP contribution in [0.2, 0.25) is 0 Å². The Morgan fingerprint density at radius 3 is 2.11 bits per heavy atom. The van der Waals surface area contributed by atoms with Gasteiger partial charge in [-0.2, -0.15) is 0 Å². The van der Waals surface area contributed by atoms with E-state index in [9.17, 15) is 25.0 Å². The summed E-state index contributed by atoms with van der Waals surface area (Å²) in [5.74, 6) is 0.0810. The van der Waals surface area contributed by atoms with Crippen LogP contribution in [0.15, 0.2) is 18.2 Å². The summed E-state index contributed by atoms with van der Waals surface area (Å²) in [6.45, 7) is 6.13. The van der Waals surface area contributed by atoms with E-state index >= 15 is 0 Å². The summed E-state index contributed by atoms with van der Waals surface area (Å²) < 4.78 is 11.3. The molecule has 2 fully saturated rings. The SMILES string of the molecule is CO[C@@H]1C[C@@H]2[C@@H](C[C@]1(C)OC(=O)c1cc([N+](=O)[O-])cc([N+](=O)[O-])c1)C2(C)C. The highest BCUT2D eigenvalue weighted by Crippen LogP contribution is 2.67. The molecule has 146 valence electrons. The molecule has 0 bridgehead atoms. The lowest BCUT2D eigenvalue weighted by Gasteiger charge is -2.39. The minimum atomic E-state index is -0.903. The number of hydrogen-bond acceptors (Lipinski definition) is 7. The van der Waals surface area contributed by atoms with Gasteiger partial charge in [0.15, 0.2) is 0 Å². The van der Waals surface area contributed by atoms with E-state index in [-0.39, 0.29) is 17.1 Å². The summed E-state index contributed by atoms with van der Waals surface area (Å²) in [5.41, 5.74) is -2.02. The maximum absolute atomic E-state index is 12.7. The highest BCUT2D eigenvalue weighted by molar-refractivity contribution is 5.91. The fraction of sp³-hybridized carbons (Fsp3) is 0.611. The molecule has 0 aromatic heterocycles. The predicted molar refractivity (Wildman–Crippen MR) is 94.4 cm³/mol. The predicted octanol–water partition coefficient (Wildman–Crippen LogP) is 3.50. The number of nitro groups is 2. The van der Waals surface area contributed by atoms with E-state index in [0.29, 0.717) is 18.3 Å². The number of hydrogen-bond donors (Lipinski definition) is 0. The molecule has 4 atom stereocenters. The molecule has 0 amide bonds. The molecule has 2 saturated carbocycles. The Hall–Kier alpha value is -2.55. The first-order valence-electron chi connectivity index (χ1n) is 8.69. The Labute approximate surface area is 155 Å². The van der Waals surface area contributed by atoms with Gasteiger partial charge in [-0.3, -0.25) is 20.2 Å². The van der Waals surface area contributed by atoms with Gasteiger partial charge in [0, 0.05) is 19.2 Å². The molecule has 3 rings (SSSR count). The largest absolute Gasteiger partial charge is 0.453 e. The molecule has 0 spiro atoms. The average molecular weight is 378 g/mol. The molecule has 0 aliphatic heterocycles. The van der Waals surface area contributed by atoms with Gasteiger partial charge >= 0.3 is 5.97 Å². The lowest BCUT2D eigenvalue weighted by atomic mass is 9.83. The van der Waals surface area contributed by atoms with Crippen molar-refractivity contribution >= 4 is 17.3 Å². The van der Waals surface area contributed by atoms with Crippen molar-refractivity contribution in [1.82, 2.24) is 0 Å². The number of carbonyl (C=O) groups excluding carboxylic acids is 1. The van der Waals surface area contributed by atoms with Crippen molar-refractivity contribution in [1.29, 1.82) is 0 Å². The molecule has 0 unspecified atom stereocenters. The van der Waals surface area contributed by atoms with Crippen LogP contribution in [0.5, 0.6) is 0 Å². The van der Waals surface area contributed by atoms with E-state index in [0.717, 1.165) is 24.6 Å². The van der Waals surface area contributed by atoms with Crippen LogP contribution in [0.1, 0.15) is 44.0 Å². The molecule has 27 heavy (non-hydrogen) atoms. The molecule has 2 aliphatic carbocycles. The number of nitrogens with zero attached hydrogens (tertiary/aromatic N) is 2. The number of nitro benzene ring substituents is 2. The molecule has 1 aromatic carbocycles. The molecule has 2 aliphatic rings. The number of carbonyl (C=O) groups is 1. The Balaban J connectivity index is 1.88. The third-order valence-corrected chi connectivity index (χ3v) is 6.23. The van der Waals surface area contributed by atoms with Crippen molar-refractivity contribution in [3.05, 3.63) is 44.0 Å². The second-order valence-electron chi connectivity index (χ2n) is 8.15. The third-order valence-electron chi connectivity index (χ3n) is 6.23. The van der Waals surface area contributed by atoms with E-state index in [4.69, 9.17) is 9.47 Å². The molecular weight excluding hydrogens is 356 g/mol. The maximum Gasteiger partial charge on any atom is 0.339 e. The first kappa shape index (κ1) is 19.2. The van der Waals surface area contributed by atoms with Crippen LogP contribution in [0.3, 0.4) is 0 Å². The smallest absolute Gasteiger partial charge is 0.339 e. The quantitative estimate of drug-likeness (QED) is 0.436. The summed E-state index contributed by atoms with van der Waals surface area (Å²) in [5, 5.41) is 22.1. The highest BCUT2D eigenvalue weighted by Gasteiger charge is 2.65. The lowest BCUT2D eigenvalue weighted by molar-refractivity contribution is -0.394. The van der Waals surface area contributed by atoms with E-state index in [1.807, 2.05) is 0 Å². The number of fused-ring (bicyclic) bond motifs is 1. The zero-order valence-corrected chi connectivity index (χ0v) is 15.6. The molecule has 9 heteroatoms. The molecule has 0 radical (unpaired) electrons. The van der Waals surface area contributed by atoms with Gasteiger partial charge in [0.05, 0.1) is 27.6 Å². The van der Waals surface area contributed by atoms with Gasteiger partial charge in [-0.05, 0) is 37.0 Å². The maximum atomic E-state index is 12.7. The van der Waals surface area contributed by atoms with Crippen LogP contribution >= 0.6 is 0 Å². The van der Waals surface area contributed by atoms with Crippen LogP contribution in [0.4, 0.5) is 11.4 Å².